The molecule has 0 saturated carbocycles. The van der Waals surface area contributed by atoms with Crippen molar-refractivity contribution < 1.29 is 27.5 Å². The number of amides is 4. The Balaban J connectivity index is 1.49. The van der Waals surface area contributed by atoms with Crippen LogP contribution in [0, 0.1) is 13.8 Å². The molecule has 10 nitrogen and oxygen atoms in total. The molecule has 2 heterocycles. The average molecular weight is 501 g/mol. The fraction of sp³-hybridized carbons (Fsp3) is 0.375. The first kappa shape index (κ1) is 24.8. The van der Waals surface area contributed by atoms with Crippen LogP contribution in [0.5, 0.6) is 0 Å². The van der Waals surface area contributed by atoms with Crippen molar-refractivity contribution in [3.63, 3.8) is 0 Å². The van der Waals surface area contributed by atoms with E-state index in [9.17, 15) is 22.8 Å². The molecule has 0 aromatic heterocycles. The molecule has 2 aliphatic rings. The summed E-state index contributed by atoms with van der Waals surface area (Å²) in [6.07, 6.45) is 0. The summed E-state index contributed by atoms with van der Waals surface area (Å²) in [5.74, 6) is -1.16. The highest BCUT2D eigenvalue weighted by atomic mass is 32.2. The molecule has 2 aliphatic heterocycles. The van der Waals surface area contributed by atoms with Crippen LogP contribution in [0.3, 0.4) is 0 Å². The van der Waals surface area contributed by atoms with E-state index in [-0.39, 0.29) is 23.7 Å². The lowest BCUT2D eigenvalue weighted by Gasteiger charge is -2.26. The number of carbonyl (C=O) groups excluding carboxylic acids is 3. The van der Waals surface area contributed by atoms with Crippen molar-refractivity contribution in [1.29, 1.82) is 0 Å². The fourth-order valence-electron chi connectivity index (χ4n) is 4.09. The highest BCUT2D eigenvalue weighted by Crippen LogP contribution is 2.29. The third-order valence-electron chi connectivity index (χ3n) is 6.30. The van der Waals surface area contributed by atoms with Crippen molar-refractivity contribution in [2.45, 2.75) is 31.2 Å². The molecule has 2 aromatic carbocycles. The maximum atomic E-state index is 13.1. The van der Waals surface area contributed by atoms with Crippen LogP contribution in [0.15, 0.2) is 47.4 Å². The summed E-state index contributed by atoms with van der Waals surface area (Å²) >= 11 is 0. The van der Waals surface area contributed by atoms with Gasteiger partial charge in [-0.2, -0.15) is 4.31 Å². The fourth-order valence-corrected chi connectivity index (χ4v) is 5.52. The van der Waals surface area contributed by atoms with E-state index in [2.05, 4.69) is 10.6 Å². The van der Waals surface area contributed by atoms with Crippen LogP contribution in [-0.2, 0) is 29.9 Å². The SMILES string of the molecule is Cc1ccc([C@]2(C)NC(=O)N(CC(=O)Nc3cc(S(=O)(=O)N4CCOCC4)ccc3C)C2=O)cc1. The summed E-state index contributed by atoms with van der Waals surface area (Å²) in [7, 11) is -3.75. The van der Waals surface area contributed by atoms with Gasteiger partial charge in [0, 0.05) is 18.8 Å². The molecule has 0 spiro atoms. The van der Waals surface area contributed by atoms with E-state index in [4.69, 9.17) is 4.74 Å². The van der Waals surface area contributed by atoms with Gasteiger partial charge in [0.25, 0.3) is 5.91 Å². The number of rotatable bonds is 6. The number of imide groups is 1. The molecule has 0 aliphatic carbocycles. The molecule has 4 rings (SSSR count). The van der Waals surface area contributed by atoms with Crippen LogP contribution in [0.25, 0.3) is 0 Å². The smallest absolute Gasteiger partial charge is 0.325 e. The molecule has 35 heavy (non-hydrogen) atoms. The Bertz CT molecular complexity index is 1270. The quantitative estimate of drug-likeness (QED) is 0.582. The molecule has 0 radical (unpaired) electrons. The minimum atomic E-state index is -3.75. The number of benzene rings is 2. The first-order valence-corrected chi connectivity index (χ1v) is 12.7. The standard InChI is InChI=1S/C24H28N4O6S/c1-16-4-7-18(8-5-16)24(3)22(30)28(23(31)26-24)15-21(29)25-20-14-19(9-6-17(20)2)35(32,33)27-10-12-34-13-11-27/h4-9,14H,10-13,15H2,1-3H3,(H,25,29)(H,26,31)/t24-/m0/s1. The van der Waals surface area contributed by atoms with Crippen molar-refractivity contribution in [3.8, 4) is 0 Å². The highest BCUT2D eigenvalue weighted by Gasteiger charge is 2.49. The minimum Gasteiger partial charge on any atom is -0.379 e. The zero-order valence-electron chi connectivity index (χ0n) is 19.8. The van der Waals surface area contributed by atoms with Gasteiger partial charge in [-0.3, -0.25) is 14.5 Å². The molecule has 2 N–H and O–H groups in total. The zero-order valence-corrected chi connectivity index (χ0v) is 20.6. The molecule has 186 valence electrons. The summed E-state index contributed by atoms with van der Waals surface area (Å²) in [5.41, 5.74) is 1.27. The van der Waals surface area contributed by atoms with E-state index < -0.39 is 40.0 Å². The highest BCUT2D eigenvalue weighted by molar-refractivity contribution is 7.89. The summed E-state index contributed by atoms with van der Waals surface area (Å²) in [4.78, 5) is 39.4. The maximum absolute atomic E-state index is 13.1. The van der Waals surface area contributed by atoms with Crippen molar-refractivity contribution in [3.05, 3.63) is 59.2 Å². The van der Waals surface area contributed by atoms with Gasteiger partial charge in [-0.15, -0.1) is 0 Å². The first-order chi connectivity index (χ1) is 16.5. The van der Waals surface area contributed by atoms with E-state index >= 15 is 0 Å². The van der Waals surface area contributed by atoms with E-state index in [1.807, 2.05) is 19.1 Å². The van der Waals surface area contributed by atoms with Gasteiger partial charge in [0.1, 0.15) is 12.1 Å². The Labute approximate surface area is 204 Å². The van der Waals surface area contributed by atoms with Gasteiger partial charge < -0.3 is 15.4 Å². The molecule has 4 amide bonds. The third-order valence-corrected chi connectivity index (χ3v) is 8.19. The number of aryl methyl sites for hydroxylation is 2. The molecule has 11 heteroatoms. The van der Waals surface area contributed by atoms with Gasteiger partial charge >= 0.3 is 6.03 Å². The van der Waals surface area contributed by atoms with E-state index in [1.165, 1.54) is 16.4 Å². The number of urea groups is 1. The molecule has 1 atom stereocenters. The molecule has 2 saturated heterocycles. The average Bonchev–Trinajstić information content (AvgIpc) is 3.05. The second-order valence-electron chi connectivity index (χ2n) is 8.85. The molecular formula is C24H28N4O6S. The monoisotopic (exact) mass is 500 g/mol. The molecule has 2 fully saturated rings. The predicted octanol–water partition coefficient (Wildman–Crippen LogP) is 1.73. The number of anilines is 1. The number of carbonyl (C=O) groups is 3. The second-order valence-corrected chi connectivity index (χ2v) is 10.8. The van der Waals surface area contributed by atoms with Gasteiger partial charge in [0.15, 0.2) is 0 Å². The lowest BCUT2D eigenvalue weighted by atomic mass is 9.91. The molecule has 0 bridgehead atoms. The molecule has 0 unspecified atom stereocenters. The summed E-state index contributed by atoms with van der Waals surface area (Å²) < 4.78 is 32.5. The van der Waals surface area contributed by atoms with E-state index in [1.54, 1.807) is 32.0 Å². The number of sulfonamides is 1. The van der Waals surface area contributed by atoms with Gasteiger partial charge in [-0.1, -0.05) is 35.9 Å². The lowest BCUT2D eigenvalue weighted by molar-refractivity contribution is -0.133. The van der Waals surface area contributed by atoms with Gasteiger partial charge in [0.05, 0.1) is 18.1 Å². The number of hydrogen-bond acceptors (Lipinski definition) is 6. The van der Waals surface area contributed by atoms with E-state index in [0.29, 0.717) is 24.3 Å². The summed E-state index contributed by atoms with van der Waals surface area (Å²) in [5, 5.41) is 5.32. The minimum absolute atomic E-state index is 0.0437. The van der Waals surface area contributed by atoms with Crippen LogP contribution >= 0.6 is 0 Å². The van der Waals surface area contributed by atoms with Crippen molar-refractivity contribution in [1.82, 2.24) is 14.5 Å². The van der Waals surface area contributed by atoms with E-state index in [0.717, 1.165) is 10.5 Å². The van der Waals surface area contributed by atoms with Crippen molar-refractivity contribution in [2.24, 2.45) is 0 Å². The van der Waals surface area contributed by atoms with Gasteiger partial charge in [-0.05, 0) is 44.0 Å². The van der Waals surface area contributed by atoms with Gasteiger partial charge in [0.2, 0.25) is 15.9 Å². The van der Waals surface area contributed by atoms with Gasteiger partial charge in [-0.25, -0.2) is 13.2 Å². The third kappa shape index (κ3) is 4.79. The number of nitrogens with zero attached hydrogens (tertiary/aromatic N) is 2. The predicted molar refractivity (Wildman–Crippen MR) is 128 cm³/mol. The second kappa shape index (κ2) is 9.40. The Kier molecular flexibility index (Phi) is 6.67. The Morgan fingerprint density at radius 1 is 1.09 bits per heavy atom. The Hall–Kier alpha value is -3.28. The summed E-state index contributed by atoms with van der Waals surface area (Å²) in [6, 6.07) is 11.0. The largest absolute Gasteiger partial charge is 0.379 e. The van der Waals surface area contributed by atoms with Crippen LogP contribution in [-0.4, -0.2) is 68.3 Å². The van der Waals surface area contributed by atoms with Crippen molar-refractivity contribution in [2.75, 3.05) is 38.2 Å². The zero-order chi connectivity index (χ0) is 25.4. The topological polar surface area (TPSA) is 125 Å². The van der Waals surface area contributed by atoms with Crippen molar-refractivity contribution >= 4 is 33.6 Å². The number of ether oxygens (including phenoxy) is 1. The maximum Gasteiger partial charge on any atom is 0.325 e. The van der Waals surface area contributed by atoms with Crippen LogP contribution in [0.2, 0.25) is 0 Å². The molecule has 2 aromatic rings. The number of morpholine rings is 1. The van der Waals surface area contributed by atoms with Crippen LogP contribution < -0.4 is 10.6 Å². The van der Waals surface area contributed by atoms with Crippen LogP contribution in [0.1, 0.15) is 23.6 Å². The Morgan fingerprint density at radius 2 is 1.74 bits per heavy atom. The number of hydrogen-bond donors (Lipinski definition) is 2. The first-order valence-electron chi connectivity index (χ1n) is 11.2. The normalized spacial score (nSPS) is 21.2. The summed E-state index contributed by atoms with van der Waals surface area (Å²) in [6.45, 7) is 5.88. The molecular weight excluding hydrogens is 472 g/mol. The Morgan fingerprint density at radius 3 is 2.40 bits per heavy atom. The van der Waals surface area contributed by atoms with Crippen LogP contribution in [0.4, 0.5) is 10.5 Å². The number of nitrogens with one attached hydrogen (secondary N) is 2. The lowest BCUT2D eigenvalue weighted by Crippen LogP contribution is -2.42.